The zero-order chi connectivity index (χ0) is 12.6. The first-order valence-electron chi connectivity index (χ1n) is 7.03. The summed E-state index contributed by atoms with van der Waals surface area (Å²) in [6.45, 7) is 7.05. The molecular weight excluding hydrogens is 212 g/mol. The van der Waals surface area contributed by atoms with Crippen LogP contribution in [0.1, 0.15) is 40.0 Å². The number of amides is 1. The second kappa shape index (κ2) is 4.97. The molecule has 17 heavy (non-hydrogen) atoms. The van der Waals surface area contributed by atoms with Gasteiger partial charge < -0.3 is 11.1 Å². The normalized spacial score (nSPS) is 37.5. The molecule has 2 rings (SSSR count). The van der Waals surface area contributed by atoms with Crippen molar-refractivity contribution in [1.29, 1.82) is 0 Å². The van der Waals surface area contributed by atoms with Crippen molar-refractivity contribution in [3.05, 3.63) is 0 Å². The van der Waals surface area contributed by atoms with Crippen molar-refractivity contribution in [2.75, 3.05) is 6.54 Å². The van der Waals surface area contributed by atoms with Gasteiger partial charge in [-0.2, -0.15) is 0 Å². The minimum Gasteiger partial charge on any atom is -0.353 e. The summed E-state index contributed by atoms with van der Waals surface area (Å²) in [5, 5.41) is 3.23. The number of rotatable bonds is 4. The second-order valence-electron chi connectivity index (χ2n) is 6.38. The van der Waals surface area contributed by atoms with Gasteiger partial charge in [0.05, 0.1) is 0 Å². The number of carbonyl (C=O) groups is 1. The van der Waals surface area contributed by atoms with Crippen LogP contribution in [-0.4, -0.2) is 18.5 Å². The lowest BCUT2D eigenvalue weighted by Gasteiger charge is -2.41. The molecule has 5 atom stereocenters. The minimum absolute atomic E-state index is 0.126. The van der Waals surface area contributed by atoms with Crippen molar-refractivity contribution >= 4 is 5.91 Å². The van der Waals surface area contributed by atoms with Crippen LogP contribution < -0.4 is 11.1 Å². The van der Waals surface area contributed by atoms with Crippen LogP contribution in [-0.2, 0) is 4.79 Å². The summed E-state index contributed by atoms with van der Waals surface area (Å²) in [5.41, 5.74) is 5.73. The van der Waals surface area contributed by atoms with Crippen LogP contribution >= 0.6 is 0 Å². The van der Waals surface area contributed by atoms with Gasteiger partial charge >= 0.3 is 0 Å². The van der Waals surface area contributed by atoms with Gasteiger partial charge in [-0.15, -0.1) is 0 Å². The lowest BCUT2D eigenvalue weighted by Crippen LogP contribution is -2.52. The molecule has 3 N–H and O–H groups in total. The summed E-state index contributed by atoms with van der Waals surface area (Å²) in [6, 6.07) is 0.435. The summed E-state index contributed by atoms with van der Waals surface area (Å²) >= 11 is 0. The van der Waals surface area contributed by atoms with Crippen molar-refractivity contribution in [3.63, 3.8) is 0 Å². The van der Waals surface area contributed by atoms with Crippen LogP contribution in [0, 0.1) is 29.6 Å². The van der Waals surface area contributed by atoms with Crippen LogP contribution in [0.4, 0.5) is 0 Å². The van der Waals surface area contributed by atoms with Crippen molar-refractivity contribution in [3.8, 4) is 0 Å². The standard InChI is InChI=1S/C14H26N2O/c1-8(2)9(3)14(17)16-13-6-11-4-10(7-15)5-12(11)13/h8-13H,4-7,15H2,1-3H3,(H,16,17). The molecule has 0 spiro atoms. The number of fused-ring (bicyclic) bond motifs is 1. The van der Waals surface area contributed by atoms with Crippen LogP contribution in [0.3, 0.4) is 0 Å². The smallest absolute Gasteiger partial charge is 0.223 e. The molecule has 2 aliphatic carbocycles. The molecule has 1 amide bonds. The fourth-order valence-corrected chi connectivity index (χ4v) is 3.32. The second-order valence-corrected chi connectivity index (χ2v) is 6.38. The predicted octanol–water partition coefficient (Wildman–Crippen LogP) is 1.77. The van der Waals surface area contributed by atoms with Crippen LogP contribution in [0.2, 0.25) is 0 Å². The van der Waals surface area contributed by atoms with Crippen LogP contribution in [0.15, 0.2) is 0 Å². The number of nitrogens with two attached hydrogens (primary N) is 1. The Morgan fingerprint density at radius 2 is 2.00 bits per heavy atom. The Morgan fingerprint density at radius 3 is 2.59 bits per heavy atom. The quantitative estimate of drug-likeness (QED) is 0.784. The molecule has 2 saturated carbocycles. The van der Waals surface area contributed by atoms with Gasteiger partial charge in [0.25, 0.3) is 0 Å². The van der Waals surface area contributed by atoms with E-state index >= 15 is 0 Å². The average Bonchev–Trinajstić information content (AvgIpc) is 2.61. The topological polar surface area (TPSA) is 55.1 Å². The fourth-order valence-electron chi connectivity index (χ4n) is 3.32. The highest BCUT2D eigenvalue weighted by Gasteiger charge is 2.47. The third-order valence-electron chi connectivity index (χ3n) is 5.00. The number of carbonyl (C=O) groups excluding carboxylic acids is 1. The van der Waals surface area contributed by atoms with E-state index < -0.39 is 0 Å². The minimum atomic E-state index is 0.126. The van der Waals surface area contributed by atoms with Gasteiger partial charge in [0.2, 0.25) is 5.91 Å². The molecule has 0 bridgehead atoms. The van der Waals surface area contributed by atoms with E-state index in [4.69, 9.17) is 5.73 Å². The lowest BCUT2D eigenvalue weighted by molar-refractivity contribution is -0.128. The van der Waals surface area contributed by atoms with Gasteiger partial charge in [0.1, 0.15) is 0 Å². The summed E-state index contributed by atoms with van der Waals surface area (Å²) in [5.74, 6) is 3.04. The predicted molar refractivity (Wildman–Crippen MR) is 69.3 cm³/mol. The summed E-state index contributed by atoms with van der Waals surface area (Å²) in [4.78, 5) is 12.0. The van der Waals surface area contributed by atoms with E-state index in [-0.39, 0.29) is 11.8 Å². The Morgan fingerprint density at radius 1 is 1.29 bits per heavy atom. The lowest BCUT2D eigenvalue weighted by atomic mass is 9.71. The summed E-state index contributed by atoms with van der Waals surface area (Å²) in [7, 11) is 0. The van der Waals surface area contributed by atoms with Gasteiger partial charge in [-0.05, 0) is 49.5 Å². The molecular formula is C14H26N2O. The van der Waals surface area contributed by atoms with Gasteiger partial charge in [-0.1, -0.05) is 20.8 Å². The maximum atomic E-state index is 12.0. The van der Waals surface area contributed by atoms with Crippen molar-refractivity contribution < 1.29 is 4.79 Å². The monoisotopic (exact) mass is 238 g/mol. The number of hydrogen-bond acceptors (Lipinski definition) is 2. The zero-order valence-corrected chi connectivity index (χ0v) is 11.3. The molecule has 0 heterocycles. The highest BCUT2D eigenvalue weighted by Crippen LogP contribution is 2.49. The number of nitrogens with one attached hydrogen (secondary N) is 1. The molecule has 0 aromatic carbocycles. The molecule has 0 radical (unpaired) electrons. The molecule has 0 saturated heterocycles. The van der Waals surface area contributed by atoms with E-state index in [1.807, 2.05) is 6.92 Å². The molecule has 0 aromatic rings. The van der Waals surface area contributed by atoms with Crippen molar-refractivity contribution in [2.24, 2.45) is 35.3 Å². The zero-order valence-electron chi connectivity index (χ0n) is 11.3. The average molecular weight is 238 g/mol. The SMILES string of the molecule is CC(C)C(C)C(=O)NC1CC2CC(CN)CC21. The van der Waals surface area contributed by atoms with E-state index in [2.05, 4.69) is 19.2 Å². The van der Waals surface area contributed by atoms with Crippen molar-refractivity contribution in [1.82, 2.24) is 5.32 Å². The van der Waals surface area contributed by atoms with E-state index in [0.717, 1.165) is 12.5 Å². The largest absolute Gasteiger partial charge is 0.353 e. The Labute approximate surface area is 105 Å². The first-order valence-corrected chi connectivity index (χ1v) is 7.03. The Bertz CT molecular complexity index is 290. The highest BCUT2D eigenvalue weighted by molar-refractivity contribution is 5.79. The molecule has 2 fully saturated rings. The molecule has 98 valence electrons. The Kier molecular flexibility index (Phi) is 3.76. The fraction of sp³-hybridized carbons (Fsp3) is 0.929. The van der Waals surface area contributed by atoms with Gasteiger partial charge in [0.15, 0.2) is 0 Å². The maximum Gasteiger partial charge on any atom is 0.223 e. The highest BCUT2D eigenvalue weighted by atomic mass is 16.1. The van der Waals surface area contributed by atoms with E-state index in [1.54, 1.807) is 0 Å². The van der Waals surface area contributed by atoms with Crippen LogP contribution in [0.25, 0.3) is 0 Å². The molecule has 3 nitrogen and oxygen atoms in total. The molecule has 3 heteroatoms. The van der Waals surface area contributed by atoms with Gasteiger partial charge in [-0.3, -0.25) is 4.79 Å². The third kappa shape index (κ3) is 2.49. The van der Waals surface area contributed by atoms with Crippen molar-refractivity contribution in [2.45, 2.75) is 46.1 Å². The van der Waals surface area contributed by atoms with Crippen LogP contribution in [0.5, 0.6) is 0 Å². The first-order chi connectivity index (χ1) is 8.02. The number of hydrogen-bond donors (Lipinski definition) is 2. The molecule has 5 unspecified atom stereocenters. The Hall–Kier alpha value is -0.570. The Balaban J connectivity index is 1.81. The van der Waals surface area contributed by atoms with Gasteiger partial charge in [0, 0.05) is 12.0 Å². The molecule has 0 aromatic heterocycles. The summed E-state index contributed by atoms with van der Waals surface area (Å²) < 4.78 is 0. The molecule has 0 aliphatic heterocycles. The van der Waals surface area contributed by atoms with E-state index in [0.29, 0.717) is 23.8 Å². The van der Waals surface area contributed by atoms with E-state index in [1.165, 1.54) is 19.3 Å². The van der Waals surface area contributed by atoms with Gasteiger partial charge in [-0.25, -0.2) is 0 Å². The van der Waals surface area contributed by atoms with E-state index in [9.17, 15) is 4.79 Å². The summed E-state index contributed by atoms with van der Waals surface area (Å²) in [6.07, 6.45) is 3.69. The maximum absolute atomic E-state index is 12.0. The molecule has 2 aliphatic rings. The third-order valence-corrected chi connectivity index (χ3v) is 5.00. The first kappa shape index (κ1) is 12.9.